The maximum Gasteiger partial charge on any atom is 0.338 e. The van der Waals surface area contributed by atoms with Crippen LogP contribution >= 0.6 is 0 Å². The lowest BCUT2D eigenvalue weighted by molar-refractivity contribution is 0.0599. The Balaban J connectivity index is 1.55. The normalized spacial score (nSPS) is 15.3. The number of fused-ring (bicyclic) bond motifs is 1. The van der Waals surface area contributed by atoms with E-state index in [0.29, 0.717) is 18.1 Å². The molecule has 0 amide bonds. The summed E-state index contributed by atoms with van der Waals surface area (Å²) < 4.78 is 10.9. The quantitative estimate of drug-likeness (QED) is 0.554. The Labute approximate surface area is 171 Å². The van der Waals surface area contributed by atoms with Crippen LogP contribution in [0.15, 0.2) is 60.9 Å². The summed E-state index contributed by atoms with van der Waals surface area (Å²) in [5, 5.41) is 0. The van der Waals surface area contributed by atoms with Gasteiger partial charge in [0.25, 0.3) is 0 Å². The first-order chi connectivity index (χ1) is 14.2. The number of rotatable bonds is 5. The first-order valence-electron chi connectivity index (χ1n) is 10.0. The molecule has 29 heavy (non-hydrogen) atoms. The van der Waals surface area contributed by atoms with Crippen molar-refractivity contribution in [2.24, 2.45) is 0 Å². The van der Waals surface area contributed by atoms with E-state index in [9.17, 15) is 4.79 Å². The summed E-state index contributed by atoms with van der Waals surface area (Å²) in [5.74, 6) is 1.06. The minimum absolute atomic E-state index is 0.308. The number of aryl methyl sites for hydroxylation is 2. The molecule has 0 saturated carbocycles. The molecule has 1 aliphatic heterocycles. The summed E-state index contributed by atoms with van der Waals surface area (Å²) >= 11 is 0. The van der Waals surface area contributed by atoms with Gasteiger partial charge >= 0.3 is 5.97 Å². The molecule has 4 rings (SSSR count). The first-order valence-corrected chi connectivity index (χ1v) is 10.0. The second-order valence-electron chi connectivity index (χ2n) is 7.46. The summed E-state index contributed by atoms with van der Waals surface area (Å²) in [6, 6.07) is 16.7. The van der Waals surface area contributed by atoms with E-state index in [0.717, 1.165) is 30.6 Å². The highest BCUT2D eigenvalue weighted by atomic mass is 16.5. The highest BCUT2D eigenvalue weighted by Gasteiger charge is 2.23. The molecule has 0 fully saturated rings. The molecule has 0 aliphatic carbocycles. The number of ether oxygens (including phenoxy) is 2. The molecule has 0 N–H and O–H groups in total. The van der Waals surface area contributed by atoms with E-state index in [1.807, 2.05) is 0 Å². The molecule has 1 aliphatic rings. The number of nitrogens with zero attached hydrogens (tertiary/aromatic N) is 1. The van der Waals surface area contributed by atoms with Crippen LogP contribution in [0, 0.1) is 6.92 Å². The van der Waals surface area contributed by atoms with Gasteiger partial charge in [0.05, 0.1) is 19.3 Å². The van der Waals surface area contributed by atoms with E-state index < -0.39 is 0 Å². The minimum Gasteiger partial charge on any atom is -0.493 e. The van der Waals surface area contributed by atoms with Gasteiger partial charge in [-0.25, -0.2) is 4.79 Å². The highest BCUT2D eigenvalue weighted by Crippen LogP contribution is 2.39. The van der Waals surface area contributed by atoms with E-state index in [1.165, 1.54) is 29.4 Å². The number of benzene rings is 2. The van der Waals surface area contributed by atoms with E-state index >= 15 is 0 Å². The molecule has 0 radical (unpaired) electrons. The average Bonchev–Trinajstić information content (AvgIpc) is 2.77. The zero-order valence-electron chi connectivity index (χ0n) is 16.9. The van der Waals surface area contributed by atoms with Crippen molar-refractivity contribution in [3.8, 4) is 16.9 Å². The SMILES string of the molecule is COC(=O)c1ccncc1CC[C@@H]1CCOc2cc(-c3ccccc3C)ccc21. The van der Waals surface area contributed by atoms with E-state index in [-0.39, 0.29) is 5.97 Å². The molecule has 4 nitrogen and oxygen atoms in total. The van der Waals surface area contributed by atoms with Gasteiger partial charge in [-0.3, -0.25) is 4.98 Å². The average molecular weight is 387 g/mol. The smallest absolute Gasteiger partial charge is 0.338 e. The number of methoxy groups -OCH3 is 1. The van der Waals surface area contributed by atoms with Crippen molar-refractivity contribution in [2.45, 2.75) is 32.1 Å². The van der Waals surface area contributed by atoms with Crippen LogP contribution in [-0.2, 0) is 11.2 Å². The van der Waals surface area contributed by atoms with Gasteiger partial charge in [0, 0.05) is 12.4 Å². The highest BCUT2D eigenvalue weighted by molar-refractivity contribution is 5.90. The molecule has 1 aromatic heterocycles. The third kappa shape index (κ3) is 4.02. The van der Waals surface area contributed by atoms with Crippen LogP contribution in [0.5, 0.6) is 5.75 Å². The fourth-order valence-electron chi connectivity index (χ4n) is 4.09. The van der Waals surface area contributed by atoms with Crippen LogP contribution < -0.4 is 4.74 Å². The fraction of sp³-hybridized carbons (Fsp3) is 0.280. The van der Waals surface area contributed by atoms with Crippen molar-refractivity contribution in [1.82, 2.24) is 4.98 Å². The van der Waals surface area contributed by atoms with Crippen LogP contribution in [0.3, 0.4) is 0 Å². The van der Waals surface area contributed by atoms with Gasteiger partial charge in [-0.05, 0) is 72.1 Å². The number of carbonyl (C=O) groups excluding carboxylic acids is 1. The number of aromatic nitrogens is 1. The summed E-state index contributed by atoms with van der Waals surface area (Å²) in [4.78, 5) is 16.2. The van der Waals surface area contributed by atoms with Gasteiger partial charge in [0.2, 0.25) is 0 Å². The lowest BCUT2D eigenvalue weighted by Gasteiger charge is -2.27. The van der Waals surface area contributed by atoms with Gasteiger partial charge in [-0.2, -0.15) is 0 Å². The standard InChI is InChI=1S/C25H25NO3/c1-17-5-3-4-6-21(17)19-9-10-22-18(12-14-29-24(22)15-19)7-8-20-16-26-13-11-23(20)25(27)28-2/h3-6,9-11,13,15-16,18H,7-8,12,14H2,1-2H3/t18-/m1/s1. The topological polar surface area (TPSA) is 48.4 Å². The second kappa shape index (κ2) is 8.48. The van der Waals surface area contributed by atoms with Crippen molar-refractivity contribution >= 4 is 5.97 Å². The largest absolute Gasteiger partial charge is 0.493 e. The lowest BCUT2D eigenvalue weighted by atomic mass is 9.86. The third-order valence-electron chi connectivity index (χ3n) is 5.70. The van der Waals surface area contributed by atoms with Crippen LogP contribution in [0.4, 0.5) is 0 Å². The Kier molecular flexibility index (Phi) is 5.61. The minimum atomic E-state index is -0.308. The van der Waals surface area contributed by atoms with Gasteiger partial charge < -0.3 is 9.47 Å². The Hall–Kier alpha value is -3.14. The predicted octanol–water partition coefficient (Wildman–Crippen LogP) is 5.34. The van der Waals surface area contributed by atoms with Crippen LogP contribution in [0.1, 0.15) is 45.8 Å². The van der Waals surface area contributed by atoms with Crippen molar-refractivity contribution in [3.05, 3.63) is 83.2 Å². The number of carbonyl (C=O) groups is 1. The summed E-state index contributed by atoms with van der Waals surface area (Å²) in [6.45, 7) is 2.84. The van der Waals surface area contributed by atoms with Gasteiger partial charge in [0.1, 0.15) is 5.75 Å². The molecule has 2 heterocycles. The first kappa shape index (κ1) is 19.2. The van der Waals surface area contributed by atoms with Crippen molar-refractivity contribution in [1.29, 1.82) is 0 Å². The van der Waals surface area contributed by atoms with E-state index in [2.05, 4.69) is 54.4 Å². The maximum absolute atomic E-state index is 12.0. The summed E-state index contributed by atoms with van der Waals surface area (Å²) in [6.07, 6.45) is 6.10. The van der Waals surface area contributed by atoms with Crippen LogP contribution in [0.2, 0.25) is 0 Å². The zero-order chi connectivity index (χ0) is 20.2. The molecule has 3 aromatic rings. The van der Waals surface area contributed by atoms with Gasteiger partial charge in [-0.1, -0.05) is 36.4 Å². The molecule has 1 atom stereocenters. The summed E-state index contributed by atoms with van der Waals surface area (Å²) in [7, 11) is 1.41. The Bertz CT molecular complexity index is 1030. The zero-order valence-corrected chi connectivity index (χ0v) is 16.9. The van der Waals surface area contributed by atoms with E-state index in [4.69, 9.17) is 9.47 Å². The number of hydrogen-bond donors (Lipinski definition) is 0. The number of esters is 1. The van der Waals surface area contributed by atoms with Gasteiger partial charge in [0.15, 0.2) is 0 Å². The van der Waals surface area contributed by atoms with E-state index in [1.54, 1.807) is 18.5 Å². The van der Waals surface area contributed by atoms with Crippen molar-refractivity contribution in [2.75, 3.05) is 13.7 Å². The lowest BCUT2D eigenvalue weighted by Crippen LogP contribution is -2.15. The molecule has 0 spiro atoms. The predicted molar refractivity (Wildman–Crippen MR) is 113 cm³/mol. The molecular formula is C25H25NO3. The molecule has 0 saturated heterocycles. The Morgan fingerprint density at radius 1 is 1.21 bits per heavy atom. The Morgan fingerprint density at radius 3 is 2.90 bits per heavy atom. The van der Waals surface area contributed by atoms with Crippen molar-refractivity contribution < 1.29 is 14.3 Å². The molecular weight excluding hydrogens is 362 g/mol. The van der Waals surface area contributed by atoms with Gasteiger partial charge in [-0.15, -0.1) is 0 Å². The molecule has 148 valence electrons. The second-order valence-corrected chi connectivity index (χ2v) is 7.46. The molecule has 4 heteroatoms. The maximum atomic E-state index is 12.0. The molecule has 0 bridgehead atoms. The fourth-order valence-corrected chi connectivity index (χ4v) is 4.09. The molecule has 0 unspecified atom stereocenters. The van der Waals surface area contributed by atoms with Crippen LogP contribution in [-0.4, -0.2) is 24.7 Å². The third-order valence-corrected chi connectivity index (χ3v) is 5.70. The van der Waals surface area contributed by atoms with Crippen LogP contribution in [0.25, 0.3) is 11.1 Å². The monoisotopic (exact) mass is 387 g/mol. The Morgan fingerprint density at radius 2 is 2.07 bits per heavy atom. The van der Waals surface area contributed by atoms with Crippen molar-refractivity contribution in [3.63, 3.8) is 0 Å². The number of pyridine rings is 1. The summed E-state index contributed by atoms with van der Waals surface area (Å²) in [5.41, 5.74) is 6.46. The number of hydrogen-bond acceptors (Lipinski definition) is 4. The molecule has 2 aromatic carbocycles.